The minimum absolute atomic E-state index is 0.449. The van der Waals surface area contributed by atoms with Crippen LogP contribution in [-0.2, 0) is 12.8 Å². The zero-order chi connectivity index (χ0) is 18.8. The Balaban J connectivity index is 2.58. The number of rotatable bonds is 5. The third-order valence-corrected chi connectivity index (χ3v) is 3.99. The number of hydrogen-bond acceptors (Lipinski definition) is 0. The molecule has 0 N–H and O–H groups in total. The molecule has 0 unspecified atom stereocenters. The molecular formula is C22H30. The first kappa shape index (κ1) is 12.9. The SMILES string of the molecule is [2H]C([2H])([2H])c1cccc(-c2cc(CC(C)C)cc(CC(C)C)c2)c1C. The zero-order valence-electron chi connectivity index (χ0n) is 17.5. The fourth-order valence-corrected chi connectivity index (χ4v) is 3.04. The molecule has 2 rings (SSSR count). The molecule has 0 amide bonds. The summed E-state index contributed by atoms with van der Waals surface area (Å²) in [4.78, 5) is 0. The second kappa shape index (κ2) is 7.13. The van der Waals surface area contributed by atoms with E-state index >= 15 is 0 Å². The van der Waals surface area contributed by atoms with Gasteiger partial charge < -0.3 is 0 Å². The molecule has 0 saturated carbocycles. The summed E-state index contributed by atoms with van der Waals surface area (Å²) in [6.07, 6.45) is 2.08. The van der Waals surface area contributed by atoms with Crippen LogP contribution in [0.3, 0.4) is 0 Å². The highest BCUT2D eigenvalue weighted by Gasteiger charge is 2.09. The summed E-state index contributed by atoms with van der Waals surface area (Å²) in [7, 11) is 0. The van der Waals surface area contributed by atoms with Crippen LogP contribution in [0.2, 0.25) is 0 Å². The van der Waals surface area contributed by atoms with Gasteiger partial charge in [0, 0.05) is 4.11 Å². The molecule has 2 aromatic carbocycles. The van der Waals surface area contributed by atoms with Crippen molar-refractivity contribution in [1.29, 1.82) is 0 Å². The van der Waals surface area contributed by atoms with Gasteiger partial charge in [0.05, 0.1) is 0 Å². The zero-order valence-corrected chi connectivity index (χ0v) is 14.5. The van der Waals surface area contributed by atoms with Gasteiger partial charge in [-0.3, -0.25) is 0 Å². The average Bonchev–Trinajstić information content (AvgIpc) is 2.44. The van der Waals surface area contributed by atoms with Crippen molar-refractivity contribution in [2.45, 2.75) is 54.3 Å². The second-order valence-corrected chi connectivity index (χ2v) is 7.21. The molecule has 118 valence electrons. The molecule has 0 saturated heterocycles. The third-order valence-electron chi connectivity index (χ3n) is 3.99. The first-order valence-electron chi connectivity index (χ1n) is 9.81. The van der Waals surface area contributed by atoms with Gasteiger partial charge in [0.25, 0.3) is 0 Å². The van der Waals surface area contributed by atoms with Crippen molar-refractivity contribution in [3.05, 3.63) is 58.7 Å². The smallest absolute Gasteiger partial charge is 0.0280 e. The van der Waals surface area contributed by atoms with Crippen LogP contribution < -0.4 is 0 Å². The average molecular weight is 298 g/mol. The maximum Gasteiger partial charge on any atom is 0.0280 e. The van der Waals surface area contributed by atoms with Gasteiger partial charge in [0.1, 0.15) is 0 Å². The summed E-state index contributed by atoms with van der Waals surface area (Å²) in [6.45, 7) is 8.78. The van der Waals surface area contributed by atoms with Gasteiger partial charge in [0.2, 0.25) is 0 Å². The van der Waals surface area contributed by atoms with Crippen LogP contribution in [0, 0.1) is 25.6 Å². The van der Waals surface area contributed by atoms with Gasteiger partial charge >= 0.3 is 0 Å². The standard InChI is InChI=1S/C22H30/c1-15(2)10-19-12-20(11-16(3)4)14-21(13-19)22-9-7-8-17(5)18(22)6/h7-9,12-16H,10-11H2,1-6H3/i5D3. The predicted molar refractivity (Wildman–Crippen MR) is 98.4 cm³/mol. The maximum atomic E-state index is 7.78. The molecule has 0 aromatic heterocycles. The number of hydrogen-bond donors (Lipinski definition) is 0. The lowest BCUT2D eigenvalue weighted by Crippen LogP contribution is -2.00. The van der Waals surface area contributed by atoms with Crippen LogP contribution in [0.1, 0.15) is 54.1 Å². The van der Waals surface area contributed by atoms with Gasteiger partial charge in [-0.05, 0) is 71.8 Å². The Morgan fingerprint density at radius 3 is 2.00 bits per heavy atom. The number of benzene rings is 2. The molecular weight excluding hydrogens is 264 g/mol. The Kier molecular flexibility index (Phi) is 4.19. The molecule has 22 heavy (non-hydrogen) atoms. The molecule has 0 heterocycles. The van der Waals surface area contributed by atoms with Crippen molar-refractivity contribution in [3.8, 4) is 11.1 Å². The largest absolute Gasteiger partial charge is 0.0625 e. The van der Waals surface area contributed by atoms with Crippen LogP contribution in [0.15, 0.2) is 36.4 Å². The quantitative estimate of drug-likeness (QED) is 0.601. The van der Waals surface area contributed by atoms with E-state index < -0.39 is 6.85 Å². The summed E-state index contributed by atoms with van der Waals surface area (Å²) in [5.74, 6) is 1.19. The molecule has 0 bridgehead atoms. The van der Waals surface area contributed by atoms with E-state index in [2.05, 4.69) is 45.9 Å². The lowest BCUT2D eigenvalue weighted by Gasteiger charge is -2.15. The van der Waals surface area contributed by atoms with Crippen LogP contribution in [0.4, 0.5) is 0 Å². The Bertz CT molecular complexity index is 696. The van der Waals surface area contributed by atoms with E-state index in [4.69, 9.17) is 4.11 Å². The van der Waals surface area contributed by atoms with Crippen molar-refractivity contribution in [3.63, 3.8) is 0 Å². The van der Waals surface area contributed by atoms with Crippen molar-refractivity contribution in [1.82, 2.24) is 0 Å². The van der Waals surface area contributed by atoms with E-state index in [0.29, 0.717) is 17.4 Å². The molecule has 0 fully saturated rings. The highest BCUT2D eigenvalue weighted by atomic mass is 14.1. The molecule has 2 aromatic rings. The van der Waals surface area contributed by atoms with Crippen LogP contribution in [0.5, 0.6) is 0 Å². The number of aryl methyl sites for hydroxylation is 1. The van der Waals surface area contributed by atoms with Crippen LogP contribution >= 0.6 is 0 Å². The molecule has 0 aliphatic rings. The van der Waals surface area contributed by atoms with Crippen LogP contribution in [-0.4, -0.2) is 0 Å². The van der Waals surface area contributed by atoms with Crippen molar-refractivity contribution >= 4 is 0 Å². The summed E-state index contributed by atoms with van der Waals surface area (Å²) >= 11 is 0. The Morgan fingerprint density at radius 1 is 0.909 bits per heavy atom. The highest BCUT2D eigenvalue weighted by Crippen LogP contribution is 2.29. The topological polar surface area (TPSA) is 0 Å². The van der Waals surface area contributed by atoms with E-state index in [1.54, 1.807) is 6.07 Å². The van der Waals surface area contributed by atoms with E-state index in [-0.39, 0.29) is 0 Å². The van der Waals surface area contributed by atoms with E-state index in [1.807, 2.05) is 19.1 Å². The van der Waals surface area contributed by atoms with Gasteiger partial charge in [0.15, 0.2) is 0 Å². The molecule has 0 spiro atoms. The summed E-state index contributed by atoms with van der Waals surface area (Å²) < 4.78 is 23.3. The van der Waals surface area contributed by atoms with Crippen LogP contribution in [0.25, 0.3) is 11.1 Å². The van der Waals surface area contributed by atoms with Gasteiger partial charge in [-0.2, -0.15) is 0 Å². The molecule has 0 nitrogen and oxygen atoms in total. The summed E-state index contributed by atoms with van der Waals surface area (Å²) in [5.41, 5.74) is 6.15. The molecule has 0 radical (unpaired) electrons. The predicted octanol–water partition coefficient (Wildman–Crippen LogP) is 6.37. The first-order valence-corrected chi connectivity index (χ1v) is 8.31. The molecule has 0 aliphatic heterocycles. The highest BCUT2D eigenvalue weighted by molar-refractivity contribution is 5.69. The van der Waals surface area contributed by atoms with Gasteiger partial charge in [-0.1, -0.05) is 64.1 Å². The fourth-order valence-electron chi connectivity index (χ4n) is 3.04. The summed E-state index contributed by atoms with van der Waals surface area (Å²) in [6, 6.07) is 12.4. The van der Waals surface area contributed by atoms with Gasteiger partial charge in [-0.15, -0.1) is 0 Å². The normalized spacial score (nSPS) is 14.0. The lowest BCUT2D eigenvalue weighted by molar-refractivity contribution is 0.636. The molecule has 0 atom stereocenters. The van der Waals surface area contributed by atoms with Gasteiger partial charge in [-0.25, -0.2) is 0 Å². The minimum Gasteiger partial charge on any atom is -0.0625 e. The lowest BCUT2D eigenvalue weighted by atomic mass is 9.90. The fraction of sp³-hybridized carbons (Fsp3) is 0.455. The second-order valence-electron chi connectivity index (χ2n) is 7.21. The van der Waals surface area contributed by atoms with Crippen molar-refractivity contribution in [2.24, 2.45) is 11.8 Å². The Morgan fingerprint density at radius 2 is 1.50 bits per heavy atom. The third kappa shape index (κ3) is 4.22. The monoisotopic (exact) mass is 297 g/mol. The summed E-state index contributed by atoms with van der Waals surface area (Å²) in [5, 5.41) is 0. The molecule has 0 aliphatic carbocycles. The van der Waals surface area contributed by atoms with Crippen molar-refractivity contribution < 1.29 is 4.11 Å². The van der Waals surface area contributed by atoms with E-state index in [0.717, 1.165) is 29.5 Å². The Hall–Kier alpha value is -1.56. The van der Waals surface area contributed by atoms with E-state index in [1.165, 1.54) is 11.1 Å². The van der Waals surface area contributed by atoms with E-state index in [9.17, 15) is 0 Å². The minimum atomic E-state index is -2.07. The first-order chi connectivity index (χ1) is 11.6. The molecule has 0 heteroatoms. The van der Waals surface area contributed by atoms with Crippen molar-refractivity contribution in [2.75, 3.05) is 0 Å². The Labute approximate surface area is 140 Å². The maximum absolute atomic E-state index is 7.78.